The van der Waals surface area contributed by atoms with Gasteiger partial charge < -0.3 is 15.8 Å². The van der Waals surface area contributed by atoms with Crippen LogP contribution in [-0.4, -0.2) is 26.9 Å². The van der Waals surface area contributed by atoms with Crippen LogP contribution in [0, 0.1) is 10.1 Å². The molecule has 0 aliphatic carbocycles. The van der Waals surface area contributed by atoms with Crippen LogP contribution in [0.1, 0.15) is 20.8 Å². The van der Waals surface area contributed by atoms with Gasteiger partial charge in [0.25, 0.3) is 11.6 Å². The third-order valence-corrected chi connectivity index (χ3v) is 2.45. The molecule has 0 atom stereocenters. The number of aromatic amines is 1. The van der Waals surface area contributed by atoms with E-state index in [0.717, 1.165) is 6.07 Å². The number of amides is 1. The average Bonchev–Trinajstić information content (AvgIpc) is 2.66. The number of H-pyrrole nitrogens is 1. The Morgan fingerprint density at radius 2 is 2.06 bits per heavy atom. The number of hydrogen-bond donors (Lipinski definition) is 3. The predicted molar refractivity (Wildman–Crippen MR) is 60.4 cm³/mol. The SMILES string of the molecule is NC(=O)c1c(C(=O)O)[nH]c2ccc([N+](=O)[O-])cc12. The van der Waals surface area contributed by atoms with Gasteiger partial charge in [-0.3, -0.25) is 14.9 Å². The van der Waals surface area contributed by atoms with Crippen LogP contribution in [-0.2, 0) is 0 Å². The minimum atomic E-state index is -1.36. The number of carbonyl (C=O) groups excluding carboxylic acids is 1. The lowest BCUT2D eigenvalue weighted by Crippen LogP contribution is -2.15. The molecule has 0 spiro atoms. The van der Waals surface area contributed by atoms with Gasteiger partial charge in [-0.15, -0.1) is 0 Å². The van der Waals surface area contributed by atoms with Crippen LogP contribution in [0.25, 0.3) is 10.9 Å². The number of aromatic carboxylic acids is 1. The number of benzene rings is 1. The van der Waals surface area contributed by atoms with Crippen LogP contribution in [0.5, 0.6) is 0 Å². The molecule has 1 heterocycles. The van der Waals surface area contributed by atoms with Gasteiger partial charge in [0.2, 0.25) is 0 Å². The summed E-state index contributed by atoms with van der Waals surface area (Å²) in [6.45, 7) is 0. The molecule has 4 N–H and O–H groups in total. The van der Waals surface area contributed by atoms with Crippen LogP contribution in [0.15, 0.2) is 18.2 Å². The Hall–Kier alpha value is -2.90. The predicted octanol–water partition coefficient (Wildman–Crippen LogP) is 0.873. The van der Waals surface area contributed by atoms with E-state index < -0.39 is 16.8 Å². The van der Waals surface area contributed by atoms with Gasteiger partial charge in [0.1, 0.15) is 5.69 Å². The molecule has 0 aliphatic heterocycles. The molecule has 18 heavy (non-hydrogen) atoms. The number of nitrogens with one attached hydrogen (secondary N) is 1. The van der Waals surface area contributed by atoms with Crippen LogP contribution >= 0.6 is 0 Å². The van der Waals surface area contributed by atoms with E-state index in [2.05, 4.69) is 4.98 Å². The van der Waals surface area contributed by atoms with Crippen molar-refractivity contribution in [2.45, 2.75) is 0 Å². The Labute approximate surface area is 99.2 Å². The maximum absolute atomic E-state index is 11.3. The molecule has 8 heteroatoms. The second-order valence-corrected chi connectivity index (χ2v) is 3.53. The number of nitrogens with zero attached hydrogens (tertiary/aromatic N) is 1. The summed E-state index contributed by atoms with van der Waals surface area (Å²) in [5.74, 6) is -2.32. The van der Waals surface area contributed by atoms with Crippen molar-refractivity contribution in [2.24, 2.45) is 5.73 Å². The highest BCUT2D eigenvalue weighted by atomic mass is 16.6. The van der Waals surface area contributed by atoms with E-state index in [1.807, 2.05) is 0 Å². The highest BCUT2D eigenvalue weighted by molar-refractivity contribution is 6.13. The fourth-order valence-electron chi connectivity index (χ4n) is 1.71. The van der Waals surface area contributed by atoms with Gasteiger partial charge in [-0.05, 0) is 6.07 Å². The van der Waals surface area contributed by atoms with E-state index in [1.165, 1.54) is 12.1 Å². The van der Waals surface area contributed by atoms with Crippen LogP contribution in [0.2, 0.25) is 0 Å². The van der Waals surface area contributed by atoms with Gasteiger partial charge in [0, 0.05) is 23.0 Å². The Bertz CT molecular complexity index is 688. The van der Waals surface area contributed by atoms with Crippen molar-refractivity contribution < 1.29 is 19.6 Å². The van der Waals surface area contributed by atoms with E-state index >= 15 is 0 Å². The van der Waals surface area contributed by atoms with Gasteiger partial charge in [0.15, 0.2) is 0 Å². The fourth-order valence-corrected chi connectivity index (χ4v) is 1.71. The summed E-state index contributed by atoms with van der Waals surface area (Å²) in [6.07, 6.45) is 0. The lowest BCUT2D eigenvalue weighted by Gasteiger charge is -1.95. The normalized spacial score (nSPS) is 10.4. The summed E-state index contributed by atoms with van der Waals surface area (Å²) in [4.78, 5) is 34.7. The topological polar surface area (TPSA) is 139 Å². The maximum Gasteiger partial charge on any atom is 0.353 e. The second kappa shape index (κ2) is 3.84. The molecule has 1 aromatic heterocycles. The zero-order valence-corrected chi connectivity index (χ0v) is 8.84. The molecule has 0 fully saturated rings. The Morgan fingerprint density at radius 1 is 1.39 bits per heavy atom. The van der Waals surface area contributed by atoms with Crippen molar-refractivity contribution >= 4 is 28.5 Å². The lowest BCUT2D eigenvalue weighted by atomic mass is 10.1. The van der Waals surface area contributed by atoms with Gasteiger partial charge >= 0.3 is 5.97 Å². The van der Waals surface area contributed by atoms with E-state index in [1.54, 1.807) is 0 Å². The number of aromatic nitrogens is 1. The van der Waals surface area contributed by atoms with Crippen LogP contribution in [0.3, 0.4) is 0 Å². The standard InChI is InChI=1S/C10H7N3O5/c11-9(14)7-5-3-4(13(17)18)1-2-6(5)12-8(7)10(15)16/h1-3,12H,(H2,11,14)(H,15,16). The number of fused-ring (bicyclic) bond motifs is 1. The van der Waals surface area contributed by atoms with Crippen molar-refractivity contribution in [1.29, 1.82) is 0 Å². The molecule has 8 nitrogen and oxygen atoms in total. The number of carboxylic acids is 1. The fraction of sp³-hybridized carbons (Fsp3) is 0. The first-order chi connectivity index (χ1) is 8.41. The Balaban J connectivity index is 2.84. The van der Waals surface area contributed by atoms with Crippen molar-refractivity contribution in [2.75, 3.05) is 0 Å². The monoisotopic (exact) mass is 249 g/mol. The molecule has 1 amide bonds. The first-order valence-electron chi connectivity index (χ1n) is 4.75. The first-order valence-corrected chi connectivity index (χ1v) is 4.75. The molecule has 1 aromatic carbocycles. The summed E-state index contributed by atoms with van der Waals surface area (Å²) < 4.78 is 0. The highest BCUT2D eigenvalue weighted by Gasteiger charge is 2.22. The zero-order chi connectivity index (χ0) is 13.4. The maximum atomic E-state index is 11.3. The number of primary amides is 1. The van der Waals surface area contributed by atoms with Gasteiger partial charge in [-0.2, -0.15) is 0 Å². The number of nitro groups is 1. The smallest absolute Gasteiger partial charge is 0.353 e. The average molecular weight is 249 g/mol. The molecular formula is C10H7N3O5. The van der Waals surface area contributed by atoms with Crippen molar-refractivity contribution in [3.05, 3.63) is 39.6 Å². The number of non-ortho nitro benzene ring substituents is 1. The minimum Gasteiger partial charge on any atom is -0.477 e. The summed E-state index contributed by atoms with van der Waals surface area (Å²) >= 11 is 0. The van der Waals surface area contributed by atoms with Crippen LogP contribution in [0.4, 0.5) is 5.69 Å². The molecule has 0 unspecified atom stereocenters. The lowest BCUT2D eigenvalue weighted by molar-refractivity contribution is -0.384. The third kappa shape index (κ3) is 1.65. The number of nitro benzene ring substituents is 1. The number of carbonyl (C=O) groups is 2. The van der Waals surface area contributed by atoms with Crippen molar-refractivity contribution in [1.82, 2.24) is 4.98 Å². The number of rotatable bonds is 3. The summed E-state index contributed by atoms with van der Waals surface area (Å²) in [6, 6.07) is 3.64. The largest absolute Gasteiger partial charge is 0.477 e. The van der Waals surface area contributed by atoms with E-state index in [-0.39, 0.29) is 22.3 Å². The summed E-state index contributed by atoms with van der Waals surface area (Å²) in [7, 11) is 0. The van der Waals surface area contributed by atoms with Crippen LogP contribution < -0.4 is 5.73 Å². The van der Waals surface area contributed by atoms with Crippen molar-refractivity contribution in [3.63, 3.8) is 0 Å². The molecule has 2 rings (SSSR count). The Kier molecular flexibility index (Phi) is 2.47. The molecular weight excluding hydrogens is 242 g/mol. The molecule has 0 radical (unpaired) electrons. The van der Waals surface area contributed by atoms with E-state index in [4.69, 9.17) is 10.8 Å². The quantitative estimate of drug-likeness (QED) is 0.547. The number of hydrogen-bond acceptors (Lipinski definition) is 4. The van der Waals surface area contributed by atoms with E-state index in [0.29, 0.717) is 5.52 Å². The van der Waals surface area contributed by atoms with Gasteiger partial charge in [0.05, 0.1) is 10.5 Å². The number of carboxylic acid groups (broad SMARTS) is 1. The Morgan fingerprint density at radius 3 is 2.56 bits per heavy atom. The summed E-state index contributed by atoms with van der Waals surface area (Å²) in [5, 5.41) is 19.7. The van der Waals surface area contributed by atoms with Crippen molar-refractivity contribution in [3.8, 4) is 0 Å². The molecule has 92 valence electrons. The van der Waals surface area contributed by atoms with Gasteiger partial charge in [-0.25, -0.2) is 4.79 Å². The first kappa shape index (κ1) is 11.6. The minimum absolute atomic E-state index is 0.120. The highest BCUT2D eigenvalue weighted by Crippen LogP contribution is 2.26. The molecule has 0 saturated heterocycles. The van der Waals surface area contributed by atoms with Gasteiger partial charge in [-0.1, -0.05) is 0 Å². The molecule has 0 aliphatic rings. The second-order valence-electron chi connectivity index (χ2n) is 3.53. The van der Waals surface area contributed by atoms with E-state index in [9.17, 15) is 19.7 Å². The third-order valence-electron chi connectivity index (χ3n) is 2.45. The molecule has 2 aromatic rings. The zero-order valence-electron chi connectivity index (χ0n) is 8.84. The summed E-state index contributed by atoms with van der Waals surface area (Å²) in [5.41, 5.74) is 4.51. The molecule has 0 bridgehead atoms. The molecule has 0 saturated carbocycles. The number of nitrogens with two attached hydrogens (primary N) is 1.